The van der Waals surface area contributed by atoms with Crippen molar-refractivity contribution in [3.8, 4) is 0 Å². The van der Waals surface area contributed by atoms with Gasteiger partial charge in [0.15, 0.2) is 0 Å². The highest BCUT2D eigenvalue weighted by molar-refractivity contribution is 9.10. The van der Waals surface area contributed by atoms with Gasteiger partial charge in [-0.15, -0.1) is 11.3 Å². The van der Waals surface area contributed by atoms with E-state index in [4.69, 9.17) is 5.73 Å². The topological polar surface area (TPSA) is 29.3 Å². The molecule has 2 atom stereocenters. The van der Waals surface area contributed by atoms with E-state index in [1.807, 2.05) is 26.1 Å². The maximum Gasteiger partial charge on any atom is 0.123 e. The van der Waals surface area contributed by atoms with E-state index >= 15 is 0 Å². The van der Waals surface area contributed by atoms with Crippen LogP contribution in [-0.2, 0) is 6.54 Å². The largest absolute Gasteiger partial charge is 0.326 e. The van der Waals surface area contributed by atoms with Crippen LogP contribution in [-0.4, -0.2) is 18.0 Å². The zero-order valence-electron chi connectivity index (χ0n) is 11.5. The van der Waals surface area contributed by atoms with Gasteiger partial charge in [-0.1, -0.05) is 12.1 Å². The molecule has 2 unspecified atom stereocenters. The first-order valence-corrected chi connectivity index (χ1v) is 8.09. The Labute approximate surface area is 131 Å². The van der Waals surface area contributed by atoms with Crippen LogP contribution in [0.5, 0.6) is 0 Å². The molecule has 1 heterocycles. The van der Waals surface area contributed by atoms with Crippen LogP contribution < -0.4 is 5.73 Å². The lowest BCUT2D eigenvalue weighted by Crippen LogP contribution is -2.36. The number of hydrogen-bond acceptors (Lipinski definition) is 3. The van der Waals surface area contributed by atoms with Gasteiger partial charge < -0.3 is 5.73 Å². The molecular weight excluding hydrogens is 339 g/mol. The predicted molar refractivity (Wildman–Crippen MR) is 86.3 cm³/mol. The molecule has 0 amide bonds. The third-order valence-electron chi connectivity index (χ3n) is 3.21. The average molecular weight is 357 g/mol. The second-order valence-corrected chi connectivity index (χ2v) is 6.91. The van der Waals surface area contributed by atoms with Gasteiger partial charge in [-0.05, 0) is 53.7 Å². The lowest BCUT2D eigenvalue weighted by atomic mass is 9.99. The number of rotatable bonds is 5. The third-order valence-corrected chi connectivity index (χ3v) is 4.89. The fourth-order valence-electron chi connectivity index (χ4n) is 2.40. The molecule has 2 rings (SSSR count). The Morgan fingerprint density at radius 2 is 2.00 bits per heavy atom. The molecule has 1 aromatic carbocycles. The summed E-state index contributed by atoms with van der Waals surface area (Å²) in [5.41, 5.74) is 7.17. The van der Waals surface area contributed by atoms with Crippen LogP contribution in [0, 0.1) is 5.82 Å². The fourth-order valence-corrected chi connectivity index (χ4v) is 3.91. The Kier molecular flexibility index (Phi) is 5.32. The summed E-state index contributed by atoms with van der Waals surface area (Å²) in [6.07, 6.45) is 0. The quantitative estimate of drug-likeness (QED) is 0.870. The van der Waals surface area contributed by atoms with Crippen LogP contribution in [0.25, 0.3) is 0 Å². The van der Waals surface area contributed by atoms with Gasteiger partial charge in [0.2, 0.25) is 0 Å². The minimum atomic E-state index is -0.220. The van der Waals surface area contributed by atoms with Crippen LogP contribution in [0.15, 0.2) is 40.2 Å². The molecule has 20 heavy (non-hydrogen) atoms. The van der Waals surface area contributed by atoms with E-state index in [1.165, 1.54) is 17.0 Å². The third kappa shape index (κ3) is 3.88. The van der Waals surface area contributed by atoms with Gasteiger partial charge in [0.1, 0.15) is 5.82 Å². The molecule has 108 valence electrons. The standard InChI is InChI=1S/C15H18BrFN2S/c1-10(18)15(11-3-5-13(17)6-4-11)19(2)8-14-7-12(16)9-20-14/h3-7,9-10,15H,8,18H2,1-2H3. The molecule has 0 radical (unpaired) electrons. The van der Waals surface area contributed by atoms with E-state index < -0.39 is 0 Å². The molecule has 2 aromatic rings. The van der Waals surface area contributed by atoms with Crippen molar-refractivity contribution in [3.05, 3.63) is 56.4 Å². The number of nitrogens with two attached hydrogens (primary N) is 1. The molecule has 0 aliphatic rings. The molecule has 0 aliphatic heterocycles. The molecule has 0 saturated heterocycles. The van der Waals surface area contributed by atoms with E-state index in [0.29, 0.717) is 0 Å². The van der Waals surface area contributed by atoms with Gasteiger partial charge in [0, 0.05) is 33.4 Å². The minimum absolute atomic E-state index is 0.0335. The lowest BCUT2D eigenvalue weighted by molar-refractivity contribution is 0.212. The minimum Gasteiger partial charge on any atom is -0.326 e. The van der Waals surface area contributed by atoms with E-state index in [1.54, 1.807) is 11.3 Å². The zero-order chi connectivity index (χ0) is 14.7. The van der Waals surface area contributed by atoms with Crippen molar-refractivity contribution < 1.29 is 4.39 Å². The first kappa shape index (κ1) is 15.6. The second-order valence-electron chi connectivity index (χ2n) is 5.00. The van der Waals surface area contributed by atoms with Crippen LogP contribution >= 0.6 is 27.3 Å². The lowest BCUT2D eigenvalue weighted by Gasteiger charge is -2.31. The summed E-state index contributed by atoms with van der Waals surface area (Å²) in [5, 5.41) is 2.07. The van der Waals surface area contributed by atoms with Crippen molar-refractivity contribution in [1.82, 2.24) is 4.90 Å². The SMILES string of the molecule is CC(N)C(c1ccc(F)cc1)N(C)Cc1cc(Br)cs1. The van der Waals surface area contributed by atoms with Gasteiger partial charge in [-0.25, -0.2) is 4.39 Å². The Balaban J connectivity index is 2.17. The van der Waals surface area contributed by atoms with E-state index in [-0.39, 0.29) is 17.9 Å². The normalized spacial score (nSPS) is 14.5. The van der Waals surface area contributed by atoms with Crippen molar-refractivity contribution in [2.24, 2.45) is 5.73 Å². The summed E-state index contributed by atoms with van der Waals surface area (Å²) in [4.78, 5) is 3.48. The van der Waals surface area contributed by atoms with Crippen molar-refractivity contribution in [1.29, 1.82) is 0 Å². The number of halogens is 2. The van der Waals surface area contributed by atoms with Crippen LogP contribution in [0.3, 0.4) is 0 Å². The van der Waals surface area contributed by atoms with Gasteiger partial charge in [0.25, 0.3) is 0 Å². The Bertz CT molecular complexity index is 553. The summed E-state index contributed by atoms with van der Waals surface area (Å²) >= 11 is 5.18. The summed E-state index contributed by atoms with van der Waals surface area (Å²) in [6.45, 7) is 2.80. The van der Waals surface area contributed by atoms with Crippen molar-refractivity contribution >= 4 is 27.3 Å². The Morgan fingerprint density at radius 3 is 2.50 bits per heavy atom. The first-order valence-electron chi connectivity index (χ1n) is 6.41. The maximum atomic E-state index is 13.1. The van der Waals surface area contributed by atoms with Crippen LogP contribution in [0.4, 0.5) is 4.39 Å². The van der Waals surface area contributed by atoms with Crippen molar-refractivity contribution in [3.63, 3.8) is 0 Å². The van der Waals surface area contributed by atoms with Crippen LogP contribution in [0.1, 0.15) is 23.4 Å². The number of nitrogens with zero attached hydrogens (tertiary/aromatic N) is 1. The molecule has 5 heteroatoms. The molecule has 0 saturated carbocycles. The predicted octanol–water partition coefficient (Wildman–Crippen LogP) is 4.17. The molecule has 2 N–H and O–H groups in total. The van der Waals surface area contributed by atoms with Gasteiger partial charge in [-0.2, -0.15) is 0 Å². The molecule has 0 aliphatic carbocycles. The zero-order valence-corrected chi connectivity index (χ0v) is 13.9. The highest BCUT2D eigenvalue weighted by Crippen LogP contribution is 2.27. The van der Waals surface area contributed by atoms with Crippen molar-refractivity contribution in [2.75, 3.05) is 7.05 Å². The number of hydrogen-bond donors (Lipinski definition) is 1. The Morgan fingerprint density at radius 1 is 1.35 bits per heavy atom. The summed E-state index contributed by atoms with van der Waals surface area (Å²) < 4.78 is 14.2. The fraction of sp³-hybridized carbons (Fsp3) is 0.333. The van der Waals surface area contributed by atoms with E-state index in [0.717, 1.165) is 16.6 Å². The Hall–Kier alpha value is -0.750. The number of likely N-dealkylation sites (N-methyl/N-ethyl adjacent to an activating group) is 1. The smallest absolute Gasteiger partial charge is 0.123 e. The average Bonchev–Trinajstić information content (AvgIpc) is 2.77. The van der Waals surface area contributed by atoms with E-state index in [9.17, 15) is 4.39 Å². The highest BCUT2D eigenvalue weighted by atomic mass is 79.9. The molecule has 0 fully saturated rings. The van der Waals surface area contributed by atoms with Gasteiger partial charge in [-0.3, -0.25) is 4.90 Å². The van der Waals surface area contributed by atoms with Crippen LogP contribution in [0.2, 0.25) is 0 Å². The molecule has 1 aromatic heterocycles. The molecule has 2 nitrogen and oxygen atoms in total. The summed E-state index contributed by atoms with van der Waals surface area (Å²) in [6, 6.07) is 8.74. The number of thiophene rings is 1. The molecule has 0 spiro atoms. The summed E-state index contributed by atoms with van der Waals surface area (Å²) in [5.74, 6) is -0.220. The van der Waals surface area contributed by atoms with E-state index in [2.05, 4.69) is 32.3 Å². The van der Waals surface area contributed by atoms with Crippen molar-refractivity contribution in [2.45, 2.75) is 25.6 Å². The molecule has 0 bridgehead atoms. The molecular formula is C15H18BrFN2S. The second kappa shape index (κ2) is 6.80. The van der Waals surface area contributed by atoms with Gasteiger partial charge >= 0.3 is 0 Å². The maximum absolute atomic E-state index is 13.1. The van der Waals surface area contributed by atoms with Gasteiger partial charge in [0.05, 0.1) is 0 Å². The monoisotopic (exact) mass is 356 g/mol. The summed E-state index contributed by atoms with van der Waals surface area (Å²) in [7, 11) is 2.05. The number of benzene rings is 1. The first-order chi connectivity index (χ1) is 9.47. The highest BCUT2D eigenvalue weighted by Gasteiger charge is 2.21.